The first-order chi connectivity index (χ1) is 17.8. The molecule has 2 aliphatic rings. The molecule has 3 unspecified atom stereocenters. The topological polar surface area (TPSA) is 130 Å². The zero-order valence-corrected chi connectivity index (χ0v) is 20.5. The number of benzene rings is 2. The molecular formula is C27H26FN7O2. The summed E-state index contributed by atoms with van der Waals surface area (Å²) in [6.45, 7) is 3.16. The van der Waals surface area contributed by atoms with Crippen molar-refractivity contribution in [2.75, 3.05) is 43.9 Å². The Bertz CT molecular complexity index is 1430. The van der Waals surface area contributed by atoms with E-state index in [9.17, 15) is 20.0 Å². The van der Waals surface area contributed by atoms with Crippen molar-refractivity contribution < 1.29 is 14.2 Å². The third kappa shape index (κ3) is 4.65. The number of hydrogen-bond acceptors (Lipinski definition) is 9. The van der Waals surface area contributed by atoms with Gasteiger partial charge in [0.05, 0.1) is 40.9 Å². The van der Waals surface area contributed by atoms with Crippen LogP contribution in [0.15, 0.2) is 42.6 Å². The van der Waals surface area contributed by atoms with Gasteiger partial charge in [-0.1, -0.05) is 6.92 Å². The molecule has 1 saturated heterocycles. The first kappa shape index (κ1) is 24.4. The molecule has 1 aromatic heterocycles. The number of likely N-dealkylation sites (N-methyl/N-ethyl adjacent to an activating group) is 1. The molecule has 3 N–H and O–H groups in total. The Labute approximate surface area is 214 Å². The van der Waals surface area contributed by atoms with Crippen molar-refractivity contribution in [2.24, 2.45) is 0 Å². The second kappa shape index (κ2) is 9.66. The predicted octanol–water partition coefficient (Wildman–Crippen LogP) is 3.34. The quantitative estimate of drug-likeness (QED) is 0.467. The summed E-state index contributed by atoms with van der Waals surface area (Å²) in [6, 6.07) is 14.6. The largest absolute Gasteiger partial charge is 0.484 e. The molecule has 0 spiro atoms. The molecule has 10 heteroatoms. The van der Waals surface area contributed by atoms with Gasteiger partial charge in [-0.05, 0) is 49.0 Å². The van der Waals surface area contributed by atoms with Crippen LogP contribution in [-0.2, 0) is 5.41 Å². The van der Waals surface area contributed by atoms with Crippen LogP contribution < -0.4 is 15.4 Å². The number of nitrogens with one attached hydrogen (secondary N) is 2. The summed E-state index contributed by atoms with van der Waals surface area (Å²) in [7, 11) is 1.84. The van der Waals surface area contributed by atoms with Crippen LogP contribution in [0.3, 0.4) is 0 Å². The SMILES string of the molecule is CN1CC(F)C(Oc2ccc(C#N)cc2Nc2nccc(-c3cc(C#N)c4c(c3)C(C)(CO)CN4)n2)C1. The van der Waals surface area contributed by atoms with E-state index >= 15 is 0 Å². The highest BCUT2D eigenvalue weighted by molar-refractivity contribution is 5.76. The minimum atomic E-state index is -1.12. The van der Waals surface area contributed by atoms with E-state index in [1.165, 1.54) is 0 Å². The Morgan fingerprint density at radius 3 is 2.78 bits per heavy atom. The molecule has 0 radical (unpaired) electrons. The molecule has 0 amide bonds. The number of ether oxygens (including phenoxy) is 1. The van der Waals surface area contributed by atoms with Crippen LogP contribution in [0.1, 0.15) is 23.6 Å². The summed E-state index contributed by atoms with van der Waals surface area (Å²) in [5.41, 5.74) is 3.67. The molecule has 2 aromatic carbocycles. The van der Waals surface area contributed by atoms with Crippen LogP contribution in [0.4, 0.5) is 21.7 Å². The van der Waals surface area contributed by atoms with E-state index in [-0.39, 0.29) is 12.6 Å². The molecule has 0 saturated carbocycles. The fourth-order valence-electron chi connectivity index (χ4n) is 4.75. The van der Waals surface area contributed by atoms with E-state index in [0.29, 0.717) is 53.5 Å². The van der Waals surface area contributed by atoms with Gasteiger partial charge in [-0.3, -0.25) is 4.90 Å². The summed E-state index contributed by atoms with van der Waals surface area (Å²) >= 11 is 0. The number of anilines is 3. The molecular weight excluding hydrogens is 473 g/mol. The van der Waals surface area contributed by atoms with Gasteiger partial charge < -0.3 is 20.5 Å². The number of aliphatic hydroxyl groups excluding tert-OH is 1. The van der Waals surface area contributed by atoms with Crippen molar-refractivity contribution in [1.82, 2.24) is 14.9 Å². The minimum Gasteiger partial charge on any atom is -0.484 e. The van der Waals surface area contributed by atoms with Gasteiger partial charge in [-0.15, -0.1) is 0 Å². The lowest BCUT2D eigenvalue weighted by atomic mass is 9.83. The Balaban J connectivity index is 1.48. The highest BCUT2D eigenvalue weighted by Crippen LogP contribution is 2.41. The first-order valence-corrected chi connectivity index (χ1v) is 11.9. The monoisotopic (exact) mass is 499 g/mol. The zero-order chi connectivity index (χ0) is 26.2. The Hall–Kier alpha value is -4.25. The molecule has 37 heavy (non-hydrogen) atoms. The summed E-state index contributed by atoms with van der Waals surface area (Å²) in [5, 5.41) is 35.5. The Morgan fingerprint density at radius 1 is 1.24 bits per heavy atom. The molecule has 0 aliphatic carbocycles. The van der Waals surface area contributed by atoms with Crippen molar-refractivity contribution in [1.29, 1.82) is 10.5 Å². The molecule has 3 atom stereocenters. The number of aliphatic hydroxyl groups is 1. The highest BCUT2D eigenvalue weighted by atomic mass is 19.1. The van der Waals surface area contributed by atoms with E-state index in [1.807, 2.05) is 24.9 Å². The highest BCUT2D eigenvalue weighted by Gasteiger charge is 2.36. The molecule has 2 aliphatic heterocycles. The lowest BCUT2D eigenvalue weighted by molar-refractivity contribution is 0.140. The van der Waals surface area contributed by atoms with Gasteiger partial charge in [-0.2, -0.15) is 10.5 Å². The van der Waals surface area contributed by atoms with Gasteiger partial charge in [-0.25, -0.2) is 14.4 Å². The molecule has 3 aromatic rings. The number of nitrogens with zero attached hydrogens (tertiary/aromatic N) is 5. The average Bonchev–Trinajstić information content (AvgIpc) is 3.42. The van der Waals surface area contributed by atoms with E-state index in [1.54, 1.807) is 36.5 Å². The standard InChI is InChI=1S/C27H26FN7O2/c1-27(15-36)14-32-25-18(11-30)8-17(9-19(25)27)21-5-6-31-26(33-21)34-22-7-16(10-29)3-4-23(22)37-24-13-35(2)12-20(24)28/h3-9,20,24,32,36H,12-15H2,1-2H3,(H,31,33,34). The van der Waals surface area contributed by atoms with Gasteiger partial charge in [0.25, 0.3) is 0 Å². The summed E-state index contributed by atoms with van der Waals surface area (Å²) in [4.78, 5) is 10.8. The second-order valence-corrected chi connectivity index (χ2v) is 9.74. The molecule has 3 heterocycles. The van der Waals surface area contributed by atoms with Crippen molar-refractivity contribution in [2.45, 2.75) is 24.6 Å². The number of alkyl halides is 1. The van der Waals surface area contributed by atoms with Crippen molar-refractivity contribution in [3.63, 3.8) is 0 Å². The van der Waals surface area contributed by atoms with E-state index in [4.69, 9.17) is 4.74 Å². The number of hydrogen-bond donors (Lipinski definition) is 3. The lowest BCUT2D eigenvalue weighted by Crippen LogP contribution is -2.28. The van der Waals surface area contributed by atoms with Crippen LogP contribution in [0.25, 0.3) is 11.3 Å². The fraction of sp³-hybridized carbons (Fsp3) is 0.333. The van der Waals surface area contributed by atoms with Gasteiger partial charge in [0.2, 0.25) is 5.95 Å². The van der Waals surface area contributed by atoms with Crippen LogP contribution in [-0.4, -0.2) is 65.5 Å². The molecule has 0 bridgehead atoms. The van der Waals surface area contributed by atoms with E-state index in [2.05, 4.69) is 32.7 Å². The number of fused-ring (bicyclic) bond motifs is 1. The van der Waals surface area contributed by atoms with E-state index in [0.717, 1.165) is 11.3 Å². The van der Waals surface area contributed by atoms with Crippen LogP contribution in [0.5, 0.6) is 5.75 Å². The summed E-state index contributed by atoms with van der Waals surface area (Å²) < 4.78 is 20.4. The van der Waals surface area contributed by atoms with Gasteiger partial charge in [0.15, 0.2) is 6.17 Å². The van der Waals surface area contributed by atoms with Crippen LogP contribution in [0.2, 0.25) is 0 Å². The second-order valence-electron chi connectivity index (χ2n) is 9.74. The summed E-state index contributed by atoms with van der Waals surface area (Å²) in [6.07, 6.45) is -0.164. The third-order valence-electron chi connectivity index (χ3n) is 6.88. The third-order valence-corrected chi connectivity index (χ3v) is 6.88. The maximum atomic E-state index is 14.4. The van der Waals surface area contributed by atoms with Gasteiger partial charge in [0.1, 0.15) is 17.9 Å². The zero-order valence-electron chi connectivity index (χ0n) is 20.5. The number of nitriles is 2. The maximum Gasteiger partial charge on any atom is 0.227 e. The summed E-state index contributed by atoms with van der Waals surface area (Å²) in [5.74, 6) is 0.643. The number of rotatable bonds is 6. The maximum absolute atomic E-state index is 14.4. The smallest absolute Gasteiger partial charge is 0.227 e. The molecule has 9 nitrogen and oxygen atoms in total. The fourth-order valence-corrected chi connectivity index (χ4v) is 4.75. The molecule has 1 fully saturated rings. The Morgan fingerprint density at radius 2 is 2.08 bits per heavy atom. The van der Waals surface area contributed by atoms with Gasteiger partial charge >= 0.3 is 0 Å². The van der Waals surface area contributed by atoms with Crippen LogP contribution in [0, 0.1) is 22.7 Å². The van der Waals surface area contributed by atoms with Crippen molar-refractivity contribution in [3.8, 4) is 29.1 Å². The molecule has 5 rings (SSSR count). The normalized spacial score (nSPS) is 22.5. The predicted molar refractivity (Wildman–Crippen MR) is 136 cm³/mol. The Kier molecular flexibility index (Phi) is 6.38. The average molecular weight is 500 g/mol. The van der Waals surface area contributed by atoms with Crippen molar-refractivity contribution >= 4 is 17.3 Å². The minimum absolute atomic E-state index is 0.0631. The van der Waals surface area contributed by atoms with E-state index < -0.39 is 17.7 Å². The molecule has 188 valence electrons. The first-order valence-electron chi connectivity index (χ1n) is 11.9. The number of halogens is 1. The van der Waals surface area contributed by atoms with Crippen LogP contribution >= 0.6 is 0 Å². The van der Waals surface area contributed by atoms with Gasteiger partial charge in [0, 0.05) is 36.8 Å². The number of likely N-dealkylation sites (tertiary alicyclic amines) is 1. The van der Waals surface area contributed by atoms with Crippen molar-refractivity contribution in [3.05, 3.63) is 59.3 Å². The number of aromatic nitrogens is 2. The lowest BCUT2D eigenvalue weighted by Gasteiger charge is -2.21.